The fraction of sp³-hybridized carbons (Fsp3) is 0. The van der Waals surface area contributed by atoms with Gasteiger partial charge in [0, 0.05) is 67.2 Å². The zero-order valence-electron chi connectivity index (χ0n) is 65.0. The predicted octanol–water partition coefficient (Wildman–Crippen LogP) is 28.9. The third kappa shape index (κ3) is 11.4. The number of pyridine rings is 2. The van der Waals surface area contributed by atoms with Crippen LogP contribution in [0.4, 0.5) is 0 Å². The molecule has 120 heavy (non-hydrogen) atoms. The van der Waals surface area contributed by atoms with Crippen molar-refractivity contribution in [1.29, 1.82) is 0 Å². The highest BCUT2D eigenvalue weighted by atomic mass is 15.3. The smallest absolute Gasteiger partial charge is 0.168 e. The minimum absolute atomic E-state index is 0.767. The van der Waals surface area contributed by atoms with Gasteiger partial charge in [0.1, 0.15) is 0 Å². The largest absolute Gasteiger partial charge is 0.309 e. The number of nitrogens with zero attached hydrogens (tertiary/aromatic N) is 8. The zero-order chi connectivity index (χ0) is 78.9. The maximum absolute atomic E-state index is 5.02. The number of aromatic nitrogens is 8. The summed E-state index contributed by atoms with van der Waals surface area (Å²) in [5, 5.41) is 33.4. The highest BCUT2D eigenvalue weighted by Gasteiger charge is 2.23. The molecule has 0 fully saturated rings. The van der Waals surface area contributed by atoms with Crippen molar-refractivity contribution in [2.24, 2.45) is 0 Å². The number of fused-ring (bicyclic) bond motifs is 14. The molecule has 24 aromatic rings. The Balaban J connectivity index is 0.588. The minimum atomic E-state index is 0.767. The number of rotatable bonds is 13. The molecule has 18 aromatic carbocycles. The normalized spacial score (nSPS) is 11.8. The second kappa shape index (κ2) is 27.8. The van der Waals surface area contributed by atoms with Gasteiger partial charge in [-0.15, -0.1) is 20.4 Å². The van der Waals surface area contributed by atoms with Crippen molar-refractivity contribution in [2.75, 3.05) is 0 Å². The molecule has 0 atom stereocenters. The molecule has 0 aliphatic carbocycles. The molecule has 0 bridgehead atoms. The van der Waals surface area contributed by atoms with E-state index in [2.05, 4.69) is 443 Å². The predicted molar refractivity (Wildman–Crippen MR) is 498 cm³/mol. The molecule has 0 saturated carbocycles. The summed E-state index contributed by atoms with van der Waals surface area (Å²) in [7, 11) is 0. The van der Waals surface area contributed by atoms with E-state index in [9.17, 15) is 0 Å². The van der Waals surface area contributed by atoms with Crippen LogP contribution >= 0.6 is 0 Å². The Kier molecular flexibility index (Phi) is 15.8. The summed E-state index contributed by atoms with van der Waals surface area (Å²) in [6.45, 7) is 0. The van der Waals surface area contributed by atoms with Crippen molar-refractivity contribution in [3.05, 3.63) is 425 Å². The average molecular weight is 1530 g/mol. The lowest BCUT2D eigenvalue weighted by molar-refractivity contribution is 1.11. The molecule has 6 heterocycles. The molecule has 0 radical (unpaired) electrons. The minimum Gasteiger partial charge on any atom is -0.309 e. The van der Waals surface area contributed by atoms with Crippen molar-refractivity contribution in [3.8, 4) is 134 Å². The second-order valence-corrected chi connectivity index (χ2v) is 31.4. The lowest BCUT2D eigenvalue weighted by Gasteiger charge is -2.14. The molecule has 0 amide bonds. The van der Waals surface area contributed by atoms with Crippen molar-refractivity contribution < 1.29 is 0 Å². The topological polar surface area (TPSA) is 70.2 Å². The van der Waals surface area contributed by atoms with Crippen LogP contribution in [0.3, 0.4) is 0 Å². The van der Waals surface area contributed by atoms with Crippen LogP contribution < -0.4 is 0 Å². The fourth-order valence-corrected chi connectivity index (χ4v) is 18.7. The molecular weight excluding hydrogens is 1460 g/mol. The van der Waals surface area contributed by atoms with Crippen LogP contribution in [0.5, 0.6) is 0 Å². The second-order valence-electron chi connectivity index (χ2n) is 31.4. The van der Waals surface area contributed by atoms with Crippen LogP contribution in [0.15, 0.2) is 425 Å². The van der Waals surface area contributed by atoms with Gasteiger partial charge in [0.25, 0.3) is 0 Å². The van der Waals surface area contributed by atoms with Crippen molar-refractivity contribution in [3.63, 3.8) is 0 Å². The van der Waals surface area contributed by atoms with Crippen molar-refractivity contribution in [2.45, 2.75) is 0 Å². The Hall–Kier alpha value is -16.2. The highest BCUT2D eigenvalue weighted by molar-refractivity contribution is 6.14. The molecule has 8 heteroatoms. The molecular formula is C112H70N8. The monoisotopic (exact) mass is 1530 g/mol. The highest BCUT2D eigenvalue weighted by Crippen LogP contribution is 2.46. The average Bonchev–Trinajstić information content (AvgIpc) is 1.59. The summed E-state index contributed by atoms with van der Waals surface area (Å²) in [4.78, 5) is 0. The van der Waals surface area contributed by atoms with Crippen molar-refractivity contribution >= 4 is 98.0 Å². The summed E-state index contributed by atoms with van der Waals surface area (Å²) in [6, 6.07) is 151. The van der Waals surface area contributed by atoms with E-state index >= 15 is 0 Å². The summed E-state index contributed by atoms with van der Waals surface area (Å²) < 4.78 is 9.06. The Morgan fingerprint density at radius 1 is 0.158 bits per heavy atom. The van der Waals surface area contributed by atoms with E-state index in [1.54, 1.807) is 0 Å². The Morgan fingerprint density at radius 2 is 0.467 bits per heavy atom. The van der Waals surface area contributed by atoms with Gasteiger partial charge in [-0.05, 0) is 254 Å². The zero-order valence-corrected chi connectivity index (χ0v) is 65.0. The molecule has 0 unspecified atom stereocenters. The summed E-state index contributed by atoms with van der Waals surface area (Å²) in [5.74, 6) is 1.56. The van der Waals surface area contributed by atoms with Crippen LogP contribution in [-0.2, 0) is 0 Å². The van der Waals surface area contributed by atoms with Gasteiger partial charge >= 0.3 is 0 Å². The quantitative estimate of drug-likeness (QED) is 0.115. The van der Waals surface area contributed by atoms with Gasteiger partial charge in [-0.3, -0.25) is 8.80 Å². The van der Waals surface area contributed by atoms with E-state index in [0.717, 1.165) is 150 Å². The Labute approximate surface area is 691 Å². The molecule has 0 spiro atoms. The molecule has 0 aliphatic heterocycles. The SMILES string of the molecule is c1ccc(-c2ccccc2-c2ccc3c(c2)c2cc(-c4cc(-c5ccc6ccn7c(-c8ccc(-n9c%10ccc(-c%11ccc(-c%12cccc%13ccccc%12%13)cc%11)cc%10c%10cc(-c%11ccc(-c%12cccc%13ccccc%12%13)cc%11)ccc%109)cc8)nnc7c6c5)ccc4-c4ccccc4)ccc2n3-c2ccc(-c3nnc4c5ccccc5ccn34)cc2)cc1. The molecule has 558 valence electrons. The summed E-state index contributed by atoms with van der Waals surface area (Å²) >= 11 is 0. The molecule has 0 aliphatic rings. The lowest BCUT2D eigenvalue weighted by atomic mass is 9.90. The van der Waals surface area contributed by atoms with Crippen LogP contribution in [0, 0.1) is 0 Å². The number of benzene rings is 18. The van der Waals surface area contributed by atoms with E-state index in [1.165, 1.54) is 82.4 Å². The maximum Gasteiger partial charge on any atom is 0.168 e. The lowest BCUT2D eigenvalue weighted by Crippen LogP contribution is -1.95. The maximum atomic E-state index is 5.02. The van der Waals surface area contributed by atoms with Crippen LogP contribution in [0.1, 0.15) is 0 Å². The first-order valence-electron chi connectivity index (χ1n) is 40.9. The Bertz CT molecular complexity index is 8050. The van der Waals surface area contributed by atoms with E-state index in [0.29, 0.717) is 0 Å². The number of hydrogen-bond acceptors (Lipinski definition) is 4. The van der Waals surface area contributed by atoms with Gasteiger partial charge in [-0.25, -0.2) is 0 Å². The van der Waals surface area contributed by atoms with Crippen LogP contribution in [0.2, 0.25) is 0 Å². The van der Waals surface area contributed by atoms with E-state index in [1.807, 2.05) is 0 Å². The first-order valence-corrected chi connectivity index (χ1v) is 40.9. The Morgan fingerprint density at radius 3 is 0.967 bits per heavy atom. The first kappa shape index (κ1) is 68.3. The van der Waals surface area contributed by atoms with Crippen molar-refractivity contribution in [1.82, 2.24) is 38.3 Å². The van der Waals surface area contributed by atoms with E-state index < -0.39 is 0 Å². The first-order chi connectivity index (χ1) is 59.5. The molecule has 6 aromatic heterocycles. The van der Waals surface area contributed by atoms with Gasteiger partial charge in [-0.1, -0.05) is 291 Å². The third-order valence-corrected chi connectivity index (χ3v) is 24.7. The molecule has 24 rings (SSSR count). The van der Waals surface area contributed by atoms with Gasteiger partial charge in [0.15, 0.2) is 22.9 Å². The van der Waals surface area contributed by atoms with Gasteiger partial charge in [0.05, 0.1) is 22.1 Å². The van der Waals surface area contributed by atoms with Crippen LogP contribution in [0.25, 0.3) is 232 Å². The molecule has 0 saturated heterocycles. The van der Waals surface area contributed by atoms with Crippen LogP contribution in [-0.4, -0.2) is 38.3 Å². The molecule has 0 N–H and O–H groups in total. The van der Waals surface area contributed by atoms with Gasteiger partial charge in [-0.2, -0.15) is 0 Å². The number of hydrogen-bond donors (Lipinski definition) is 0. The third-order valence-electron chi connectivity index (χ3n) is 24.7. The van der Waals surface area contributed by atoms with E-state index in [-0.39, 0.29) is 0 Å². The van der Waals surface area contributed by atoms with Gasteiger partial charge in [0.2, 0.25) is 0 Å². The standard InChI is InChI=1S/C112H70N8/c1-3-17-73(18-4-1)93-28-13-14-29-96(93)87-50-59-107-103(69-87)104-70-88(51-60-108(104)120(107)90-52-43-81(44-53-90)109-113-115-111-98-30-12-9-23-77(98)61-63-117(109)111)99-65-86(47-56-97(99)74-19-5-2-6-20-74)85-42-41-80-62-64-118-110(114-116-112(118)100(80)66-85)82-45-54-89(55-46-82)119-105-57-48-83(71-33-37-78(38-34-71)94-31-15-24-75-21-7-10-26-91(75)94)67-101(105)102-68-84(49-58-106(102)119)72-35-39-79(40-36-72)95-32-16-25-76-22-8-11-27-92(76)95/h1-70H. The summed E-state index contributed by atoms with van der Waals surface area (Å²) in [5.41, 5.74) is 31.1. The fourth-order valence-electron chi connectivity index (χ4n) is 18.7. The van der Waals surface area contributed by atoms with E-state index in [4.69, 9.17) is 20.4 Å². The summed E-state index contributed by atoms with van der Waals surface area (Å²) in [6.07, 6.45) is 4.18. The molecule has 8 nitrogen and oxygen atoms in total. The van der Waals surface area contributed by atoms with Gasteiger partial charge < -0.3 is 9.13 Å².